The third kappa shape index (κ3) is 5.49. The Kier molecular flexibility index (Phi) is 6.61. The molecule has 1 heterocycles. The molecule has 2 atom stereocenters. The molecule has 3 aromatic rings. The maximum Gasteiger partial charge on any atom is 0.412 e. The molecule has 0 N–H and O–H groups in total. The molecule has 0 aromatic heterocycles. The van der Waals surface area contributed by atoms with Gasteiger partial charge in [-0.15, -0.1) is 0 Å². The van der Waals surface area contributed by atoms with Crippen molar-refractivity contribution in [2.75, 3.05) is 6.61 Å². The highest BCUT2D eigenvalue weighted by atomic mass is 16.6. The fourth-order valence-electron chi connectivity index (χ4n) is 3.96. The van der Waals surface area contributed by atoms with Gasteiger partial charge in [0, 0.05) is 17.5 Å². The SMILES string of the molecule is CC(C)(C)OC(=O)N1[C@@H](Cc2ccc(C(=O)c3ccccc3)cc2)OC[C@H]1c1ccccc1. The number of carbonyl (C=O) groups excluding carboxylic acids is 2. The lowest BCUT2D eigenvalue weighted by Crippen LogP contribution is -2.42. The number of hydrogen-bond donors (Lipinski definition) is 0. The molecule has 5 nitrogen and oxygen atoms in total. The normalized spacial score (nSPS) is 18.2. The Morgan fingerprint density at radius 3 is 2.06 bits per heavy atom. The van der Waals surface area contributed by atoms with Crippen LogP contribution in [0.5, 0.6) is 0 Å². The van der Waals surface area contributed by atoms with Crippen LogP contribution in [0.25, 0.3) is 0 Å². The van der Waals surface area contributed by atoms with Crippen LogP contribution in [-0.4, -0.2) is 35.2 Å². The van der Waals surface area contributed by atoms with Crippen LogP contribution in [0.3, 0.4) is 0 Å². The number of carbonyl (C=O) groups is 2. The predicted molar refractivity (Wildman–Crippen MR) is 127 cm³/mol. The summed E-state index contributed by atoms with van der Waals surface area (Å²) in [5, 5.41) is 0. The van der Waals surface area contributed by atoms with Gasteiger partial charge in [0.05, 0.1) is 12.6 Å². The van der Waals surface area contributed by atoms with Gasteiger partial charge in [0.1, 0.15) is 11.8 Å². The van der Waals surface area contributed by atoms with Crippen LogP contribution in [-0.2, 0) is 15.9 Å². The average molecular weight is 444 g/mol. The molecule has 4 rings (SSSR count). The topological polar surface area (TPSA) is 55.8 Å². The number of benzene rings is 3. The van der Waals surface area contributed by atoms with Crippen LogP contribution in [0.2, 0.25) is 0 Å². The van der Waals surface area contributed by atoms with Gasteiger partial charge in [-0.25, -0.2) is 4.79 Å². The molecular formula is C28H29NO4. The van der Waals surface area contributed by atoms with Crippen molar-refractivity contribution in [2.24, 2.45) is 0 Å². The van der Waals surface area contributed by atoms with Gasteiger partial charge in [-0.05, 0) is 31.9 Å². The Labute approximate surface area is 194 Å². The van der Waals surface area contributed by atoms with Crippen LogP contribution in [0.4, 0.5) is 4.79 Å². The second-order valence-electron chi connectivity index (χ2n) is 9.20. The molecule has 1 aliphatic rings. The Bertz CT molecular complexity index is 1090. The molecule has 0 unspecified atom stereocenters. The van der Waals surface area contributed by atoms with Crippen molar-refractivity contribution in [1.29, 1.82) is 0 Å². The van der Waals surface area contributed by atoms with Gasteiger partial charge in [0.15, 0.2) is 5.78 Å². The van der Waals surface area contributed by atoms with E-state index in [1.54, 1.807) is 4.90 Å². The largest absolute Gasteiger partial charge is 0.444 e. The van der Waals surface area contributed by atoms with E-state index in [2.05, 4.69) is 0 Å². The first-order valence-corrected chi connectivity index (χ1v) is 11.2. The van der Waals surface area contributed by atoms with Crippen LogP contribution in [0.1, 0.15) is 53.9 Å². The smallest absolute Gasteiger partial charge is 0.412 e. The Balaban J connectivity index is 1.53. The first-order valence-electron chi connectivity index (χ1n) is 11.2. The van der Waals surface area contributed by atoms with Crippen molar-refractivity contribution in [3.05, 3.63) is 107 Å². The van der Waals surface area contributed by atoms with E-state index in [1.807, 2.05) is 106 Å². The third-order valence-electron chi connectivity index (χ3n) is 5.54. The number of ketones is 1. The van der Waals surface area contributed by atoms with Crippen molar-refractivity contribution in [1.82, 2.24) is 4.90 Å². The zero-order valence-electron chi connectivity index (χ0n) is 19.2. The summed E-state index contributed by atoms with van der Waals surface area (Å²) in [5.74, 6) is -0.0150. The Morgan fingerprint density at radius 2 is 1.45 bits per heavy atom. The molecule has 0 spiro atoms. The van der Waals surface area contributed by atoms with E-state index < -0.39 is 17.9 Å². The number of nitrogens with zero attached hydrogens (tertiary/aromatic N) is 1. The molecule has 1 saturated heterocycles. The zero-order valence-corrected chi connectivity index (χ0v) is 19.2. The average Bonchev–Trinajstić information content (AvgIpc) is 3.23. The summed E-state index contributed by atoms with van der Waals surface area (Å²) in [6.07, 6.45) is -0.349. The van der Waals surface area contributed by atoms with Crippen LogP contribution >= 0.6 is 0 Å². The van der Waals surface area contributed by atoms with Crippen LogP contribution in [0.15, 0.2) is 84.9 Å². The lowest BCUT2D eigenvalue weighted by atomic mass is 10.0. The number of ether oxygens (including phenoxy) is 2. The summed E-state index contributed by atoms with van der Waals surface area (Å²) in [6.45, 7) is 5.98. The highest BCUT2D eigenvalue weighted by Gasteiger charge is 2.41. The maximum atomic E-state index is 13.1. The van der Waals surface area contributed by atoms with Gasteiger partial charge in [-0.2, -0.15) is 0 Å². The minimum Gasteiger partial charge on any atom is -0.444 e. The summed E-state index contributed by atoms with van der Waals surface area (Å²) in [4.78, 5) is 27.5. The summed E-state index contributed by atoms with van der Waals surface area (Å²) >= 11 is 0. The van der Waals surface area contributed by atoms with Gasteiger partial charge in [0.25, 0.3) is 0 Å². The second-order valence-corrected chi connectivity index (χ2v) is 9.20. The third-order valence-corrected chi connectivity index (χ3v) is 5.54. The molecule has 3 aromatic carbocycles. The fourth-order valence-corrected chi connectivity index (χ4v) is 3.96. The van der Waals surface area contributed by atoms with Crippen molar-refractivity contribution >= 4 is 11.9 Å². The molecule has 33 heavy (non-hydrogen) atoms. The lowest BCUT2D eigenvalue weighted by molar-refractivity contribution is -0.0127. The Morgan fingerprint density at radius 1 is 0.879 bits per heavy atom. The van der Waals surface area contributed by atoms with E-state index in [0.717, 1.165) is 11.1 Å². The molecule has 5 heteroatoms. The van der Waals surface area contributed by atoms with Crippen molar-refractivity contribution in [2.45, 2.75) is 45.1 Å². The monoisotopic (exact) mass is 443 g/mol. The molecule has 0 bridgehead atoms. The van der Waals surface area contributed by atoms with Gasteiger partial charge < -0.3 is 9.47 Å². The highest BCUT2D eigenvalue weighted by molar-refractivity contribution is 6.08. The van der Waals surface area contributed by atoms with E-state index in [9.17, 15) is 9.59 Å². The Hall–Kier alpha value is -3.44. The summed E-state index contributed by atoms with van der Waals surface area (Å²) in [7, 11) is 0. The molecule has 1 aliphatic heterocycles. The summed E-state index contributed by atoms with van der Waals surface area (Å²) < 4.78 is 11.8. The van der Waals surface area contributed by atoms with Crippen LogP contribution < -0.4 is 0 Å². The molecule has 1 fully saturated rings. The van der Waals surface area contributed by atoms with E-state index in [-0.39, 0.29) is 11.8 Å². The minimum absolute atomic E-state index is 0.0150. The molecule has 0 aliphatic carbocycles. The quantitative estimate of drug-likeness (QED) is 0.468. The lowest BCUT2D eigenvalue weighted by Gasteiger charge is -2.31. The van der Waals surface area contributed by atoms with Gasteiger partial charge in [-0.3, -0.25) is 9.69 Å². The van der Waals surface area contributed by atoms with Crippen molar-refractivity contribution < 1.29 is 19.1 Å². The number of hydrogen-bond acceptors (Lipinski definition) is 4. The number of amides is 1. The van der Waals surface area contributed by atoms with E-state index in [4.69, 9.17) is 9.47 Å². The van der Waals surface area contributed by atoms with Gasteiger partial charge in [-0.1, -0.05) is 84.9 Å². The van der Waals surface area contributed by atoms with Gasteiger partial charge >= 0.3 is 6.09 Å². The first-order chi connectivity index (χ1) is 15.8. The van der Waals surface area contributed by atoms with Crippen molar-refractivity contribution in [3.8, 4) is 0 Å². The molecule has 170 valence electrons. The number of rotatable bonds is 5. The molecule has 0 radical (unpaired) electrons. The van der Waals surface area contributed by atoms with Crippen molar-refractivity contribution in [3.63, 3.8) is 0 Å². The fraction of sp³-hybridized carbons (Fsp3) is 0.286. The molecule has 1 amide bonds. The van der Waals surface area contributed by atoms with E-state index in [0.29, 0.717) is 24.2 Å². The summed E-state index contributed by atoms with van der Waals surface area (Å²) in [6, 6.07) is 26.4. The van der Waals surface area contributed by atoms with E-state index >= 15 is 0 Å². The second kappa shape index (κ2) is 9.59. The predicted octanol–water partition coefficient (Wildman–Crippen LogP) is 5.79. The summed E-state index contributed by atoms with van der Waals surface area (Å²) in [5.41, 5.74) is 2.67. The van der Waals surface area contributed by atoms with E-state index in [1.165, 1.54) is 0 Å². The molecule has 0 saturated carbocycles. The minimum atomic E-state index is -0.606. The zero-order chi connectivity index (χ0) is 23.4. The van der Waals surface area contributed by atoms with Gasteiger partial charge in [0.2, 0.25) is 0 Å². The molecular weight excluding hydrogens is 414 g/mol. The standard InChI is InChI=1S/C28H29NO4/c1-28(2,3)33-27(31)29-24(21-10-6-4-7-11-21)19-32-25(29)18-20-14-16-23(17-15-20)26(30)22-12-8-5-9-13-22/h4-17,24-25H,18-19H2,1-3H3/t24-,25+/m0/s1. The highest BCUT2D eigenvalue weighted by Crippen LogP contribution is 2.33. The first kappa shape index (κ1) is 22.7. The van der Waals surface area contributed by atoms with Crippen LogP contribution in [0, 0.1) is 0 Å². The maximum absolute atomic E-state index is 13.1.